The quantitative estimate of drug-likeness (QED) is 0.838. The molecule has 2 unspecified atom stereocenters. The lowest BCUT2D eigenvalue weighted by atomic mass is 9.71. The normalized spacial score (nSPS) is 23.0. The van der Waals surface area contributed by atoms with E-state index in [1.54, 1.807) is 18.2 Å². The van der Waals surface area contributed by atoms with Crippen molar-refractivity contribution in [2.75, 3.05) is 13.2 Å². The highest BCUT2D eigenvalue weighted by atomic mass is 19.1. The first-order valence-electron chi connectivity index (χ1n) is 8.39. The minimum atomic E-state index is -0.294. The summed E-state index contributed by atoms with van der Waals surface area (Å²) in [7, 11) is 0. The molecule has 0 aromatic heterocycles. The van der Waals surface area contributed by atoms with Gasteiger partial charge in [0, 0.05) is 12.0 Å². The van der Waals surface area contributed by atoms with Gasteiger partial charge in [0.1, 0.15) is 18.2 Å². The Morgan fingerprint density at radius 3 is 2.56 bits per heavy atom. The molecule has 1 amide bonds. The highest BCUT2D eigenvalue weighted by Crippen LogP contribution is 2.38. The number of carbonyl (C=O) groups is 1. The van der Waals surface area contributed by atoms with Gasteiger partial charge in [-0.3, -0.25) is 4.79 Å². The smallest absolute Gasteiger partial charge is 0.227 e. The molecule has 2 aromatic rings. The van der Waals surface area contributed by atoms with Gasteiger partial charge < -0.3 is 10.1 Å². The Labute approximate surface area is 147 Å². The van der Waals surface area contributed by atoms with Gasteiger partial charge in [0.2, 0.25) is 5.91 Å². The number of carbonyl (C=O) groups excluding carboxylic acids is 1. The molecule has 25 heavy (non-hydrogen) atoms. The number of nitrogens with one attached hydrogen (secondary N) is 1. The van der Waals surface area contributed by atoms with Crippen molar-refractivity contribution in [3.05, 3.63) is 78.1 Å². The van der Waals surface area contributed by atoms with E-state index >= 15 is 0 Å². The van der Waals surface area contributed by atoms with Gasteiger partial charge in [0.05, 0.1) is 5.92 Å². The van der Waals surface area contributed by atoms with Crippen molar-refractivity contribution in [2.45, 2.75) is 24.7 Å². The zero-order valence-corrected chi connectivity index (χ0v) is 14.3. The summed E-state index contributed by atoms with van der Waals surface area (Å²) in [5.74, 6) is 0.214. The number of amides is 1. The maximum Gasteiger partial charge on any atom is 0.227 e. The average Bonchev–Trinajstić information content (AvgIpc) is 2.63. The summed E-state index contributed by atoms with van der Waals surface area (Å²) in [6.45, 7) is 6.83. The first-order chi connectivity index (χ1) is 12.0. The third-order valence-corrected chi connectivity index (χ3v) is 4.82. The zero-order valence-electron chi connectivity index (χ0n) is 14.3. The van der Waals surface area contributed by atoms with E-state index in [9.17, 15) is 9.18 Å². The Kier molecular flexibility index (Phi) is 4.88. The number of benzene rings is 2. The highest BCUT2D eigenvalue weighted by molar-refractivity contribution is 5.85. The molecule has 2 atom stereocenters. The van der Waals surface area contributed by atoms with Crippen molar-refractivity contribution < 1.29 is 13.9 Å². The molecule has 4 heteroatoms. The van der Waals surface area contributed by atoms with Crippen LogP contribution >= 0.6 is 0 Å². The second kappa shape index (κ2) is 7.09. The lowest BCUT2D eigenvalue weighted by Crippen LogP contribution is -2.48. The predicted octanol–water partition coefficient (Wildman–Crippen LogP) is 3.95. The highest BCUT2D eigenvalue weighted by Gasteiger charge is 2.38. The first kappa shape index (κ1) is 17.2. The van der Waals surface area contributed by atoms with Crippen molar-refractivity contribution in [2.24, 2.45) is 0 Å². The number of halogens is 1. The van der Waals surface area contributed by atoms with Crippen molar-refractivity contribution in [1.82, 2.24) is 5.32 Å². The largest absolute Gasteiger partial charge is 0.490 e. The molecule has 3 nitrogen and oxygen atoms in total. The van der Waals surface area contributed by atoms with Crippen molar-refractivity contribution >= 4 is 5.91 Å². The van der Waals surface area contributed by atoms with E-state index in [0.29, 0.717) is 19.6 Å². The molecule has 0 spiro atoms. The number of rotatable bonds is 5. The van der Waals surface area contributed by atoms with Crippen LogP contribution in [0, 0.1) is 5.82 Å². The Balaban J connectivity index is 1.82. The van der Waals surface area contributed by atoms with E-state index in [0.717, 1.165) is 16.9 Å². The number of ether oxygens (including phenoxy) is 1. The lowest BCUT2D eigenvalue weighted by molar-refractivity contribution is -0.125. The molecule has 1 N–H and O–H groups in total. The SMILES string of the molecule is C=CCOc1ccc(C2(C)CNC(=O)C(c3ccc(F)cc3)C2)cc1. The Morgan fingerprint density at radius 2 is 1.92 bits per heavy atom. The molecule has 0 saturated carbocycles. The summed E-state index contributed by atoms with van der Waals surface area (Å²) >= 11 is 0. The van der Waals surface area contributed by atoms with Crippen LogP contribution in [0.2, 0.25) is 0 Å². The predicted molar refractivity (Wildman–Crippen MR) is 96.3 cm³/mol. The lowest BCUT2D eigenvalue weighted by Gasteiger charge is -2.38. The van der Waals surface area contributed by atoms with E-state index in [1.807, 2.05) is 24.3 Å². The van der Waals surface area contributed by atoms with Gasteiger partial charge in [-0.25, -0.2) is 4.39 Å². The van der Waals surface area contributed by atoms with E-state index < -0.39 is 0 Å². The molecule has 1 aliphatic rings. The molecule has 1 saturated heterocycles. The van der Waals surface area contributed by atoms with E-state index in [-0.39, 0.29) is 23.1 Å². The van der Waals surface area contributed by atoms with Crippen LogP contribution in [0.4, 0.5) is 4.39 Å². The summed E-state index contributed by atoms with van der Waals surface area (Å²) in [5, 5.41) is 3.01. The average molecular weight is 339 g/mol. The van der Waals surface area contributed by atoms with E-state index in [2.05, 4.69) is 18.8 Å². The maximum atomic E-state index is 13.2. The van der Waals surface area contributed by atoms with Crippen LogP contribution in [0.25, 0.3) is 0 Å². The summed E-state index contributed by atoms with van der Waals surface area (Å²) in [6.07, 6.45) is 2.39. The molecule has 1 fully saturated rings. The van der Waals surface area contributed by atoms with Crippen LogP contribution < -0.4 is 10.1 Å². The molecular formula is C21H22FNO2. The molecule has 0 aliphatic carbocycles. The van der Waals surface area contributed by atoms with Crippen molar-refractivity contribution in [3.63, 3.8) is 0 Å². The van der Waals surface area contributed by atoms with Crippen molar-refractivity contribution in [1.29, 1.82) is 0 Å². The Bertz CT molecular complexity index is 754. The van der Waals surface area contributed by atoms with Crippen LogP contribution in [-0.4, -0.2) is 19.1 Å². The van der Waals surface area contributed by atoms with Crippen LogP contribution in [0.1, 0.15) is 30.4 Å². The number of hydrogen-bond donors (Lipinski definition) is 1. The topological polar surface area (TPSA) is 38.3 Å². The van der Waals surface area contributed by atoms with E-state index in [4.69, 9.17) is 4.74 Å². The monoisotopic (exact) mass is 339 g/mol. The third-order valence-electron chi connectivity index (χ3n) is 4.82. The Morgan fingerprint density at radius 1 is 1.24 bits per heavy atom. The first-order valence-corrected chi connectivity index (χ1v) is 8.39. The summed E-state index contributed by atoms with van der Waals surface area (Å²) in [6, 6.07) is 14.1. The van der Waals surface area contributed by atoms with Gasteiger partial charge in [-0.1, -0.05) is 43.8 Å². The van der Waals surface area contributed by atoms with Crippen LogP contribution in [-0.2, 0) is 10.2 Å². The second-order valence-electron chi connectivity index (χ2n) is 6.71. The fourth-order valence-corrected chi connectivity index (χ4v) is 3.31. The maximum absolute atomic E-state index is 13.2. The molecule has 0 bridgehead atoms. The number of hydrogen-bond acceptors (Lipinski definition) is 2. The van der Waals surface area contributed by atoms with Crippen LogP contribution in [0.3, 0.4) is 0 Å². The molecule has 0 radical (unpaired) electrons. The molecule has 3 rings (SSSR count). The standard InChI is InChI=1S/C21H22FNO2/c1-3-12-25-18-10-6-16(7-11-18)21(2)13-19(20(24)23-14-21)15-4-8-17(22)9-5-15/h3-11,19H,1,12-14H2,2H3,(H,23,24). The third kappa shape index (κ3) is 3.73. The number of piperidine rings is 1. The molecule has 1 heterocycles. The molecule has 1 aliphatic heterocycles. The molecule has 130 valence electrons. The zero-order chi connectivity index (χ0) is 17.9. The molecular weight excluding hydrogens is 317 g/mol. The second-order valence-corrected chi connectivity index (χ2v) is 6.71. The minimum absolute atomic E-state index is 0.00461. The molecule has 2 aromatic carbocycles. The summed E-state index contributed by atoms with van der Waals surface area (Å²) in [5.41, 5.74) is 1.80. The summed E-state index contributed by atoms with van der Waals surface area (Å²) in [4.78, 5) is 12.3. The van der Waals surface area contributed by atoms with Gasteiger partial charge >= 0.3 is 0 Å². The van der Waals surface area contributed by atoms with Gasteiger partial charge in [-0.2, -0.15) is 0 Å². The Hall–Kier alpha value is -2.62. The fourth-order valence-electron chi connectivity index (χ4n) is 3.31. The fraction of sp³-hybridized carbons (Fsp3) is 0.286. The van der Waals surface area contributed by atoms with Crippen LogP contribution in [0.5, 0.6) is 5.75 Å². The van der Waals surface area contributed by atoms with Crippen molar-refractivity contribution in [3.8, 4) is 5.75 Å². The van der Waals surface area contributed by atoms with Gasteiger partial charge in [-0.15, -0.1) is 0 Å². The van der Waals surface area contributed by atoms with Gasteiger partial charge in [0.25, 0.3) is 0 Å². The minimum Gasteiger partial charge on any atom is -0.490 e. The van der Waals surface area contributed by atoms with Crippen LogP contribution in [0.15, 0.2) is 61.2 Å². The van der Waals surface area contributed by atoms with E-state index in [1.165, 1.54) is 12.1 Å². The van der Waals surface area contributed by atoms with Gasteiger partial charge in [-0.05, 0) is 41.8 Å². The van der Waals surface area contributed by atoms with Gasteiger partial charge in [0.15, 0.2) is 0 Å². The summed E-state index contributed by atoms with van der Waals surface area (Å²) < 4.78 is 18.7.